The van der Waals surface area contributed by atoms with E-state index in [1.165, 1.54) is 25.6 Å². The molecule has 1 aliphatic heterocycles. The summed E-state index contributed by atoms with van der Waals surface area (Å²) < 4.78 is 11.6. The van der Waals surface area contributed by atoms with E-state index in [1.807, 2.05) is 49.4 Å². The lowest BCUT2D eigenvalue weighted by Gasteiger charge is -2.40. The van der Waals surface area contributed by atoms with Crippen molar-refractivity contribution in [3.05, 3.63) is 64.7 Å². The molecule has 1 saturated heterocycles. The van der Waals surface area contributed by atoms with Crippen LogP contribution in [-0.4, -0.2) is 74.5 Å². The number of benzene rings is 2. The first-order valence-corrected chi connectivity index (χ1v) is 13.8. The summed E-state index contributed by atoms with van der Waals surface area (Å²) in [6, 6.07) is 13.4. The highest BCUT2D eigenvalue weighted by Gasteiger charge is 2.44. The van der Waals surface area contributed by atoms with Crippen LogP contribution in [0.1, 0.15) is 55.0 Å². The molecule has 0 spiro atoms. The van der Waals surface area contributed by atoms with Crippen molar-refractivity contribution < 1.29 is 39.5 Å². The van der Waals surface area contributed by atoms with Crippen molar-refractivity contribution in [2.45, 2.75) is 75.4 Å². The molecule has 38 heavy (non-hydrogen) atoms. The standard InChI is InChI=1S/C28H37NO8S/c1-16-7-10-18(25-23(32)22(31)24(33)26(37-25)38-4)15-19(16)14-17-8-11-20(12-9-17)36-13-5-6-21(30)29-28(2,3)27(34)35/h7-12,15,22-26,31-33H,5-6,13-14H2,1-4H3,(H,29,30)(H,34,35)/t22-,23-,24+,25+,26-/m1/s1. The number of aryl methyl sites for hydroxylation is 1. The van der Waals surface area contributed by atoms with Gasteiger partial charge in [0.2, 0.25) is 5.91 Å². The van der Waals surface area contributed by atoms with Crippen LogP contribution in [0.5, 0.6) is 5.75 Å². The predicted octanol–water partition coefficient (Wildman–Crippen LogP) is 2.57. The van der Waals surface area contributed by atoms with Gasteiger partial charge in [-0.05, 0) is 74.3 Å². The highest BCUT2D eigenvalue weighted by Crippen LogP contribution is 2.36. The molecule has 0 unspecified atom stereocenters. The molecule has 2 aromatic carbocycles. The average molecular weight is 548 g/mol. The number of carbonyl (C=O) groups is 2. The number of carbonyl (C=O) groups excluding carboxylic acids is 1. The third-order valence-corrected chi connectivity index (χ3v) is 7.48. The van der Waals surface area contributed by atoms with Gasteiger partial charge in [0.25, 0.3) is 0 Å². The fraction of sp³-hybridized carbons (Fsp3) is 0.500. The van der Waals surface area contributed by atoms with E-state index >= 15 is 0 Å². The van der Waals surface area contributed by atoms with E-state index in [0.717, 1.165) is 22.3 Å². The Labute approximate surface area is 227 Å². The second kappa shape index (κ2) is 12.9. The van der Waals surface area contributed by atoms with Crippen molar-refractivity contribution in [2.24, 2.45) is 0 Å². The molecule has 3 rings (SSSR count). The van der Waals surface area contributed by atoms with Gasteiger partial charge >= 0.3 is 5.97 Å². The summed E-state index contributed by atoms with van der Waals surface area (Å²) in [5.74, 6) is -0.762. The molecule has 0 aliphatic carbocycles. The number of aliphatic carboxylic acids is 1. The van der Waals surface area contributed by atoms with E-state index in [-0.39, 0.29) is 12.3 Å². The molecule has 9 nitrogen and oxygen atoms in total. The molecule has 1 heterocycles. The zero-order valence-electron chi connectivity index (χ0n) is 22.1. The van der Waals surface area contributed by atoms with Crippen LogP contribution in [0.25, 0.3) is 0 Å². The van der Waals surface area contributed by atoms with Crippen LogP contribution in [0.15, 0.2) is 42.5 Å². The van der Waals surface area contributed by atoms with Gasteiger partial charge in [0.05, 0.1) is 6.61 Å². The summed E-state index contributed by atoms with van der Waals surface area (Å²) in [6.07, 6.45) is -1.42. The maximum atomic E-state index is 11.9. The molecule has 0 bridgehead atoms. The smallest absolute Gasteiger partial charge is 0.328 e. The van der Waals surface area contributed by atoms with Gasteiger partial charge in [-0.15, -0.1) is 11.8 Å². The topological polar surface area (TPSA) is 146 Å². The van der Waals surface area contributed by atoms with Crippen LogP contribution in [0.4, 0.5) is 0 Å². The van der Waals surface area contributed by atoms with E-state index in [1.54, 1.807) is 6.26 Å². The molecule has 2 aromatic rings. The third kappa shape index (κ3) is 7.48. The lowest BCUT2D eigenvalue weighted by Crippen LogP contribution is -2.52. The maximum absolute atomic E-state index is 11.9. The molecule has 0 aromatic heterocycles. The van der Waals surface area contributed by atoms with Crippen LogP contribution < -0.4 is 10.1 Å². The number of ether oxygens (including phenoxy) is 2. The van der Waals surface area contributed by atoms with Crippen molar-refractivity contribution in [1.29, 1.82) is 0 Å². The van der Waals surface area contributed by atoms with Gasteiger partial charge in [-0.2, -0.15) is 0 Å². The second-order valence-electron chi connectivity index (χ2n) is 10.1. The van der Waals surface area contributed by atoms with Crippen molar-refractivity contribution >= 4 is 23.6 Å². The number of amides is 1. The number of thioether (sulfide) groups is 1. The van der Waals surface area contributed by atoms with Gasteiger partial charge in [-0.1, -0.05) is 30.3 Å². The number of aliphatic hydroxyl groups excluding tert-OH is 3. The van der Waals surface area contributed by atoms with E-state index < -0.39 is 41.4 Å². The normalized spacial score (nSPS) is 23.6. The fourth-order valence-electron chi connectivity index (χ4n) is 4.19. The quantitative estimate of drug-likeness (QED) is 0.268. The Morgan fingerprint density at radius 3 is 2.37 bits per heavy atom. The van der Waals surface area contributed by atoms with Gasteiger partial charge in [-0.3, -0.25) is 4.79 Å². The molecule has 0 saturated carbocycles. The highest BCUT2D eigenvalue weighted by atomic mass is 32.2. The van der Waals surface area contributed by atoms with Crippen LogP contribution in [0.3, 0.4) is 0 Å². The SMILES string of the molecule is CS[C@H]1O[C@@H](c2ccc(C)c(Cc3ccc(OCCCC(=O)NC(C)(C)C(=O)O)cc3)c2)[C@H](O)[C@@H](O)[C@@H]1O. The lowest BCUT2D eigenvalue weighted by molar-refractivity contribution is -0.200. The number of carboxylic acids is 1. The van der Waals surface area contributed by atoms with Crippen LogP contribution >= 0.6 is 11.8 Å². The first kappa shape index (κ1) is 29.9. The summed E-state index contributed by atoms with van der Waals surface area (Å²) in [5, 5.41) is 42.5. The number of nitrogens with one attached hydrogen (secondary N) is 1. The molecule has 5 atom stereocenters. The molecular formula is C28H37NO8S. The van der Waals surface area contributed by atoms with Crippen molar-refractivity contribution in [3.8, 4) is 5.75 Å². The fourth-order valence-corrected chi connectivity index (χ4v) is 4.86. The second-order valence-corrected chi connectivity index (χ2v) is 11.0. The summed E-state index contributed by atoms with van der Waals surface area (Å²) in [6.45, 7) is 5.20. The number of rotatable bonds is 11. The van der Waals surface area contributed by atoms with Crippen LogP contribution in [0.2, 0.25) is 0 Å². The Morgan fingerprint density at radius 1 is 1.05 bits per heavy atom. The van der Waals surface area contributed by atoms with Gasteiger partial charge in [0, 0.05) is 6.42 Å². The van der Waals surface area contributed by atoms with Crippen molar-refractivity contribution in [3.63, 3.8) is 0 Å². The summed E-state index contributed by atoms with van der Waals surface area (Å²) in [4.78, 5) is 23.1. The maximum Gasteiger partial charge on any atom is 0.328 e. The molecule has 1 fully saturated rings. The van der Waals surface area contributed by atoms with E-state index in [2.05, 4.69) is 5.32 Å². The Balaban J connectivity index is 1.56. The third-order valence-electron chi connectivity index (χ3n) is 6.63. The van der Waals surface area contributed by atoms with E-state index in [9.17, 15) is 24.9 Å². The summed E-state index contributed by atoms with van der Waals surface area (Å²) in [7, 11) is 0. The molecule has 1 amide bonds. The molecule has 5 N–H and O–H groups in total. The Bertz CT molecular complexity index is 1100. The summed E-state index contributed by atoms with van der Waals surface area (Å²) >= 11 is 1.28. The van der Waals surface area contributed by atoms with Crippen LogP contribution in [-0.2, 0) is 20.7 Å². The zero-order chi connectivity index (χ0) is 28.0. The summed E-state index contributed by atoms with van der Waals surface area (Å²) in [5.41, 5.74) is 1.96. The average Bonchev–Trinajstić information content (AvgIpc) is 2.87. The van der Waals surface area contributed by atoms with Crippen LogP contribution in [0, 0.1) is 6.92 Å². The minimum atomic E-state index is -1.31. The lowest BCUT2D eigenvalue weighted by atomic mass is 9.91. The van der Waals surface area contributed by atoms with Gasteiger partial charge in [0.1, 0.15) is 41.1 Å². The Morgan fingerprint density at radius 2 is 1.74 bits per heavy atom. The number of aliphatic hydroxyl groups is 3. The highest BCUT2D eigenvalue weighted by molar-refractivity contribution is 7.99. The molecule has 208 valence electrons. The first-order valence-electron chi connectivity index (χ1n) is 12.5. The van der Waals surface area contributed by atoms with Gasteiger partial charge in [-0.25, -0.2) is 4.79 Å². The first-order chi connectivity index (χ1) is 17.9. The minimum absolute atomic E-state index is 0.164. The van der Waals surface area contributed by atoms with Gasteiger partial charge in [0.15, 0.2) is 0 Å². The minimum Gasteiger partial charge on any atom is -0.494 e. The molecule has 1 aliphatic rings. The largest absolute Gasteiger partial charge is 0.494 e. The van der Waals surface area contributed by atoms with Gasteiger partial charge < -0.3 is 35.2 Å². The Kier molecular flexibility index (Phi) is 10.2. The predicted molar refractivity (Wildman–Crippen MR) is 144 cm³/mol. The molecule has 0 radical (unpaired) electrons. The van der Waals surface area contributed by atoms with Crippen molar-refractivity contribution in [2.75, 3.05) is 12.9 Å². The number of hydrogen-bond acceptors (Lipinski definition) is 8. The number of carboxylic acid groups (broad SMARTS) is 1. The number of hydrogen-bond donors (Lipinski definition) is 5. The monoisotopic (exact) mass is 547 g/mol. The van der Waals surface area contributed by atoms with Crippen molar-refractivity contribution in [1.82, 2.24) is 5.32 Å². The van der Waals surface area contributed by atoms with E-state index in [0.29, 0.717) is 25.2 Å². The molecular weight excluding hydrogens is 510 g/mol. The van der Waals surface area contributed by atoms with E-state index in [4.69, 9.17) is 14.6 Å². The zero-order valence-corrected chi connectivity index (χ0v) is 22.9. The Hall–Kier alpha value is -2.63. The molecule has 10 heteroatoms.